The first-order valence-corrected chi connectivity index (χ1v) is 9.50. The van der Waals surface area contributed by atoms with Gasteiger partial charge in [0, 0.05) is 17.3 Å². The number of benzene rings is 3. The number of carbonyl (C=O) groups is 1. The summed E-state index contributed by atoms with van der Waals surface area (Å²) in [7, 11) is 0. The fraction of sp³-hybridized carbons (Fsp3) is 0.0455. The average molecular weight is 414 g/mol. The average Bonchev–Trinajstić information content (AvgIpc) is 3.27. The quantitative estimate of drug-likeness (QED) is 0.366. The third-order valence-corrected chi connectivity index (χ3v) is 4.85. The van der Waals surface area contributed by atoms with Crippen molar-refractivity contribution in [2.75, 3.05) is 23.3 Å². The Hall–Kier alpha value is -4.53. The van der Waals surface area contributed by atoms with E-state index in [0.717, 1.165) is 16.5 Å². The normalized spacial score (nSPS) is 11.9. The molecule has 0 spiro atoms. The van der Waals surface area contributed by atoms with Crippen LogP contribution in [0.5, 0.6) is 11.5 Å². The molecule has 9 heteroatoms. The minimum atomic E-state index is -0.305. The summed E-state index contributed by atoms with van der Waals surface area (Å²) in [4.78, 5) is 21.0. The summed E-state index contributed by atoms with van der Waals surface area (Å²) in [6, 6.07) is 18.6. The molecule has 5 N–H and O–H groups in total. The number of fused-ring (bicyclic) bond motifs is 2. The van der Waals surface area contributed by atoms with Crippen LogP contribution in [0.3, 0.4) is 0 Å². The molecule has 0 unspecified atom stereocenters. The van der Waals surface area contributed by atoms with E-state index in [2.05, 4.69) is 26.1 Å². The molecule has 2 heterocycles. The number of hydrazine groups is 1. The molecule has 4 aromatic rings. The summed E-state index contributed by atoms with van der Waals surface area (Å²) >= 11 is 0. The van der Waals surface area contributed by atoms with Crippen molar-refractivity contribution in [1.29, 1.82) is 0 Å². The predicted octanol–water partition coefficient (Wildman–Crippen LogP) is 3.44. The number of hydrogen-bond acceptors (Lipinski definition) is 8. The van der Waals surface area contributed by atoms with Crippen LogP contribution in [-0.4, -0.2) is 22.7 Å². The van der Waals surface area contributed by atoms with Crippen LogP contribution >= 0.6 is 0 Å². The zero-order valence-electron chi connectivity index (χ0n) is 16.3. The number of nitrogen functional groups attached to an aromatic ring is 1. The maximum absolute atomic E-state index is 12.7. The van der Waals surface area contributed by atoms with Crippen molar-refractivity contribution in [3.8, 4) is 11.5 Å². The van der Waals surface area contributed by atoms with Gasteiger partial charge in [0.25, 0.3) is 5.91 Å². The number of nitrogens with two attached hydrogens (primary N) is 1. The van der Waals surface area contributed by atoms with Gasteiger partial charge in [-0.1, -0.05) is 36.4 Å². The second-order valence-electron chi connectivity index (χ2n) is 6.78. The third kappa shape index (κ3) is 3.60. The number of nitrogens with one attached hydrogen (secondary N) is 3. The maximum atomic E-state index is 12.7. The van der Waals surface area contributed by atoms with E-state index in [9.17, 15) is 4.79 Å². The summed E-state index contributed by atoms with van der Waals surface area (Å²) in [6.45, 7) is 0.193. The van der Waals surface area contributed by atoms with Gasteiger partial charge in [-0.15, -0.1) is 0 Å². The predicted molar refractivity (Wildman–Crippen MR) is 117 cm³/mol. The number of ether oxygens (including phenoxy) is 2. The number of hydrogen-bond donors (Lipinski definition) is 4. The van der Waals surface area contributed by atoms with Gasteiger partial charge < -0.3 is 20.5 Å². The fourth-order valence-electron chi connectivity index (χ4n) is 3.31. The zero-order chi connectivity index (χ0) is 21.2. The molecule has 0 radical (unpaired) electrons. The molecule has 31 heavy (non-hydrogen) atoms. The van der Waals surface area contributed by atoms with E-state index in [1.807, 2.05) is 42.5 Å². The van der Waals surface area contributed by atoms with Gasteiger partial charge >= 0.3 is 0 Å². The molecule has 0 bridgehead atoms. The summed E-state index contributed by atoms with van der Waals surface area (Å²) in [5, 5.41) is 4.95. The van der Waals surface area contributed by atoms with Crippen molar-refractivity contribution in [3.05, 3.63) is 72.6 Å². The molecular formula is C22H18N6O3. The second kappa shape index (κ2) is 7.71. The van der Waals surface area contributed by atoms with Gasteiger partial charge in [0.1, 0.15) is 12.0 Å². The molecule has 0 saturated heterocycles. The van der Waals surface area contributed by atoms with Gasteiger partial charge in [0.15, 0.2) is 23.1 Å². The highest BCUT2D eigenvalue weighted by atomic mass is 16.7. The molecule has 1 amide bonds. The minimum absolute atomic E-state index is 0.193. The number of amides is 1. The van der Waals surface area contributed by atoms with Gasteiger partial charge in [-0.3, -0.25) is 15.6 Å². The van der Waals surface area contributed by atoms with Gasteiger partial charge in [0.2, 0.25) is 6.79 Å². The molecule has 0 atom stereocenters. The van der Waals surface area contributed by atoms with Crippen LogP contribution in [0, 0.1) is 0 Å². The molecule has 0 saturated carbocycles. The first-order chi connectivity index (χ1) is 15.2. The Bertz CT molecular complexity index is 1290. The Morgan fingerprint density at radius 2 is 1.74 bits per heavy atom. The highest BCUT2D eigenvalue weighted by Crippen LogP contribution is 2.35. The third-order valence-electron chi connectivity index (χ3n) is 4.85. The van der Waals surface area contributed by atoms with Crippen molar-refractivity contribution < 1.29 is 14.3 Å². The minimum Gasteiger partial charge on any atom is -0.454 e. The Morgan fingerprint density at radius 3 is 2.68 bits per heavy atom. The topological polar surface area (TPSA) is 123 Å². The Kier molecular flexibility index (Phi) is 4.60. The van der Waals surface area contributed by atoms with Crippen molar-refractivity contribution in [2.24, 2.45) is 0 Å². The van der Waals surface area contributed by atoms with Crippen LogP contribution < -0.4 is 31.4 Å². The van der Waals surface area contributed by atoms with Gasteiger partial charge in [0.05, 0.1) is 0 Å². The number of aromatic nitrogens is 2. The number of nitrogens with zero attached hydrogens (tertiary/aromatic N) is 2. The Labute approximate surface area is 177 Å². The lowest BCUT2D eigenvalue weighted by molar-refractivity contribution is 0.0964. The number of anilines is 4. The fourth-order valence-corrected chi connectivity index (χ4v) is 3.31. The first-order valence-electron chi connectivity index (χ1n) is 9.50. The molecule has 3 aromatic carbocycles. The molecule has 1 aliphatic heterocycles. The standard InChI is InChI=1S/C22H18N6O3/c23-19-20(26-14-8-9-17-18(10-14)31-12-30-17)24-11-25-21(19)27-28-22(29)16-7-3-5-13-4-1-2-6-15(13)16/h1-11H,12,23H2,(H,28,29)(H2,24,25,26,27). The highest BCUT2D eigenvalue weighted by Gasteiger charge is 2.15. The van der Waals surface area contributed by atoms with Crippen LogP contribution in [0.2, 0.25) is 0 Å². The van der Waals surface area contributed by atoms with Gasteiger partial charge in [-0.05, 0) is 29.0 Å². The molecule has 154 valence electrons. The van der Waals surface area contributed by atoms with Crippen molar-refractivity contribution in [2.45, 2.75) is 0 Å². The van der Waals surface area contributed by atoms with Crippen LogP contribution in [-0.2, 0) is 0 Å². The van der Waals surface area contributed by atoms with Crippen molar-refractivity contribution >= 4 is 39.7 Å². The van der Waals surface area contributed by atoms with Crippen LogP contribution in [0.15, 0.2) is 67.0 Å². The van der Waals surface area contributed by atoms with E-state index in [0.29, 0.717) is 22.9 Å². The summed E-state index contributed by atoms with van der Waals surface area (Å²) in [6.07, 6.45) is 1.35. The van der Waals surface area contributed by atoms with Crippen molar-refractivity contribution in [1.82, 2.24) is 15.4 Å². The van der Waals surface area contributed by atoms with Crippen LogP contribution in [0.25, 0.3) is 10.8 Å². The van der Waals surface area contributed by atoms with E-state index >= 15 is 0 Å². The second-order valence-corrected chi connectivity index (χ2v) is 6.78. The summed E-state index contributed by atoms with van der Waals surface area (Å²) in [5.41, 5.74) is 13.1. The molecule has 1 aliphatic rings. The zero-order valence-corrected chi connectivity index (χ0v) is 16.3. The number of rotatable bonds is 5. The lowest BCUT2D eigenvalue weighted by Crippen LogP contribution is -2.30. The Morgan fingerprint density at radius 1 is 0.935 bits per heavy atom. The van der Waals surface area contributed by atoms with E-state index in [-0.39, 0.29) is 24.2 Å². The molecule has 9 nitrogen and oxygen atoms in total. The molecule has 0 aliphatic carbocycles. The Balaban J connectivity index is 1.33. The van der Waals surface area contributed by atoms with Crippen LogP contribution in [0.1, 0.15) is 10.4 Å². The highest BCUT2D eigenvalue weighted by molar-refractivity contribution is 6.07. The lowest BCUT2D eigenvalue weighted by Gasteiger charge is -2.14. The van der Waals surface area contributed by atoms with Gasteiger partial charge in [-0.2, -0.15) is 0 Å². The van der Waals surface area contributed by atoms with E-state index < -0.39 is 0 Å². The summed E-state index contributed by atoms with van der Waals surface area (Å²) in [5.74, 6) is 1.67. The monoisotopic (exact) mass is 414 g/mol. The molecule has 0 fully saturated rings. The largest absolute Gasteiger partial charge is 0.454 e. The van der Waals surface area contributed by atoms with Crippen LogP contribution in [0.4, 0.5) is 23.0 Å². The van der Waals surface area contributed by atoms with Crippen molar-refractivity contribution in [3.63, 3.8) is 0 Å². The maximum Gasteiger partial charge on any atom is 0.270 e. The SMILES string of the molecule is Nc1c(NNC(=O)c2cccc3ccccc23)ncnc1Nc1ccc2c(c1)OCO2. The summed E-state index contributed by atoms with van der Waals surface area (Å²) < 4.78 is 10.7. The smallest absolute Gasteiger partial charge is 0.270 e. The van der Waals surface area contributed by atoms with E-state index in [1.54, 1.807) is 18.2 Å². The lowest BCUT2D eigenvalue weighted by atomic mass is 10.0. The number of carbonyl (C=O) groups excluding carboxylic acids is 1. The first kappa shape index (κ1) is 18.5. The molecular weight excluding hydrogens is 396 g/mol. The molecule has 5 rings (SSSR count). The molecule has 1 aromatic heterocycles. The van der Waals surface area contributed by atoms with E-state index in [4.69, 9.17) is 15.2 Å². The van der Waals surface area contributed by atoms with Gasteiger partial charge in [-0.25, -0.2) is 9.97 Å². The van der Waals surface area contributed by atoms with E-state index in [1.165, 1.54) is 6.33 Å².